The Labute approximate surface area is 134 Å². The molecule has 0 radical (unpaired) electrons. The summed E-state index contributed by atoms with van der Waals surface area (Å²) in [6, 6.07) is 1.79. The summed E-state index contributed by atoms with van der Waals surface area (Å²) in [6.45, 7) is 5.26. The van der Waals surface area contributed by atoms with Crippen LogP contribution in [0, 0.1) is 0 Å². The molecule has 0 spiro atoms. The molecule has 3 heterocycles. The molecule has 0 bridgehead atoms. The summed E-state index contributed by atoms with van der Waals surface area (Å²) in [6.07, 6.45) is 5.37. The topological polar surface area (TPSA) is 57.2 Å². The fraction of sp³-hybridized carbons (Fsp3) is 0.467. The third-order valence-electron chi connectivity index (χ3n) is 4.22. The van der Waals surface area contributed by atoms with Crippen molar-refractivity contribution in [2.24, 2.45) is 7.05 Å². The Kier molecular flexibility index (Phi) is 4.22. The standard InChI is InChI=1S/C15H20ClN5O/c1-3-20-6-7-21(15(22)12-8-11(16)9-18-12)10-13(20)14-17-4-5-19(14)2/h4-5,8-9,13,18H,3,6-7,10H2,1-2H3/t13-/m1/s1. The minimum Gasteiger partial charge on any atom is -0.356 e. The number of hydrogen-bond acceptors (Lipinski definition) is 3. The van der Waals surface area contributed by atoms with Crippen LogP contribution in [0.15, 0.2) is 24.7 Å². The van der Waals surface area contributed by atoms with Gasteiger partial charge in [0.05, 0.1) is 11.1 Å². The number of nitrogens with one attached hydrogen (secondary N) is 1. The highest BCUT2D eigenvalue weighted by Gasteiger charge is 2.32. The number of aromatic nitrogens is 3. The molecule has 7 heteroatoms. The largest absolute Gasteiger partial charge is 0.356 e. The molecule has 0 aromatic carbocycles. The summed E-state index contributed by atoms with van der Waals surface area (Å²) >= 11 is 5.90. The Bertz CT molecular complexity index is 664. The third-order valence-corrected chi connectivity index (χ3v) is 4.44. The summed E-state index contributed by atoms with van der Waals surface area (Å²) in [4.78, 5) is 24.2. The molecule has 3 rings (SSSR count). The van der Waals surface area contributed by atoms with E-state index in [1.807, 2.05) is 22.7 Å². The zero-order valence-corrected chi connectivity index (χ0v) is 13.5. The Morgan fingerprint density at radius 3 is 2.91 bits per heavy atom. The normalized spacial score (nSPS) is 19.6. The quantitative estimate of drug-likeness (QED) is 0.939. The van der Waals surface area contributed by atoms with E-state index in [9.17, 15) is 4.79 Å². The van der Waals surface area contributed by atoms with Crippen LogP contribution in [0.25, 0.3) is 0 Å². The third kappa shape index (κ3) is 2.76. The number of halogens is 1. The molecule has 6 nitrogen and oxygen atoms in total. The lowest BCUT2D eigenvalue weighted by molar-refractivity contribution is 0.0468. The lowest BCUT2D eigenvalue weighted by Crippen LogP contribution is -2.51. The number of aryl methyl sites for hydroxylation is 1. The monoisotopic (exact) mass is 321 g/mol. The van der Waals surface area contributed by atoms with Crippen LogP contribution < -0.4 is 0 Å². The van der Waals surface area contributed by atoms with Gasteiger partial charge < -0.3 is 14.5 Å². The predicted octanol–water partition coefficient (Wildman–Crippen LogP) is 1.92. The van der Waals surface area contributed by atoms with Gasteiger partial charge in [0, 0.05) is 45.3 Å². The number of aromatic amines is 1. The van der Waals surface area contributed by atoms with Crippen molar-refractivity contribution >= 4 is 17.5 Å². The number of carbonyl (C=O) groups excluding carboxylic acids is 1. The van der Waals surface area contributed by atoms with E-state index in [1.54, 1.807) is 18.5 Å². The number of piperazine rings is 1. The lowest BCUT2D eigenvalue weighted by atomic mass is 10.1. The summed E-state index contributed by atoms with van der Waals surface area (Å²) in [7, 11) is 1.99. The summed E-state index contributed by atoms with van der Waals surface area (Å²) in [5.41, 5.74) is 0.536. The van der Waals surface area contributed by atoms with Crippen LogP contribution >= 0.6 is 11.6 Å². The second-order valence-electron chi connectivity index (χ2n) is 5.52. The van der Waals surface area contributed by atoms with Crippen LogP contribution in [-0.4, -0.2) is 56.4 Å². The number of amides is 1. The van der Waals surface area contributed by atoms with Crippen LogP contribution in [0.3, 0.4) is 0 Å². The van der Waals surface area contributed by atoms with Crippen molar-refractivity contribution in [2.75, 3.05) is 26.2 Å². The van der Waals surface area contributed by atoms with E-state index in [2.05, 4.69) is 21.8 Å². The van der Waals surface area contributed by atoms with Crippen molar-refractivity contribution in [3.8, 4) is 0 Å². The highest BCUT2D eigenvalue weighted by molar-refractivity contribution is 6.30. The van der Waals surface area contributed by atoms with E-state index < -0.39 is 0 Å². The van der Waals surface area contributed by atoms with Gasteiger partial charge >= 0.3 is 0 Å². The maximum atomic E-state index is 12.6. The molecule has 2 aromatic heterocycles. The number of carbonyl (C=O) groups is 1. The molecule has 0 unspecified atom stereocenters. The molecular formula is C15H20ClN5O. The van der Waals surface area contributed by atoms with Crippen LogP contribution in [-0.2, 0) is 7.05 Å². The van der Waals surface area contributed by atoms with Gasteiger partial charge in [-0.25, -0.2) is 4.98 Å². The van der Waals surface area contributed by atoms with Gasteiger partial charge in [0.1, 0.15) is 11.5 Å². The Morgan fingerprint density at radius 2 is 2.32 bits per heavy atom. The second kappa shape index (κ2) is 6.14. The van der Waals surface area contributed by atoms with Gasteiger partial charge in [0.2, 0.25) is 0 Å². The van der Waals surface area contributed by atoms with Gasteiger partial charge in [-0.1, -0.05) is 18.5 Å². The summed E-state index contributed by atoms with van der Waals surface area (Å²) < 4.78 is 2.02. The van der Waals surface area contributed by atoms with Gasteiger partial charge in [-0.2, -0.15) is 0 Å². The number of rotatable bonds is 3. The van der Waals surface area contributed by atoms with Crippen LogP contribution in [0.4, 0.5) is 0 Å². The van der Waals surface area contributed by atoms with Crippen LogP contribution in [0.5, 0.6) is 0 Å². The minimum absolute atomic E-state index is 0.0122. The smallest absolute Gasteiger partial charge is 0.270 e. The molecule has 118 valence electrons. The van der Waals surface area contributed by atoms with Crippen molar-refractivity contribution in [1.29, 1.82) is 0 Å². The number of H-pyrrole nitrogens is 1. The number of nitrogens with zero attached hydrogens (tertiary/aromatic N) is 4. The zero-order chi connectivity index (χ0) is 15.7. The van der Waals surface area contributed by atoms with Gasteiger partial charge in [-0.15, -0.1) is 0 Å². The first-order valence-electron chi connectivity index (χ1n) is 7.44. The van der Waals surface area contributed by atoms with Gasteiger partial charge in [-0.3, -0.25) is 9.69 Å². The van der Waals surface area contributed by atoms with E-state index >= 15 is 0 Å². The number of imidazole rings is 1. The highest BCUT2D eigenvalue weighted by Crippen LogP contribution is 2.25. The Balaban J connectivity index is 1.81. The molecular weight excluding hydrogens is 302 g/mol. The van der Waals surface area contributed by atoms with Crippen LogP contribution in [0.2, 0.25) is 5.02 Å². The van der Waals surface area contributed by atoms with E-state index in [0.29, 0.717) is 23.8 Å². The average molecular weight is 322 g/mol. The maximum Gasteiger partial charge on any atom is 0.270 e. The minimum atomic E-state index is -0.0122. The highest BCUT2D eigenvalue weighted by atomic mass is 35.5. The maximum absolute atomic E-state index is 12.6. The van der Waals surface area contributed by atoms with Gasteiger partial charge in [-0.05, 0) is 12.6 Å². The van der Waals surface area contributed by atoms with Crippen molar-refractivity contribution in [2.45, 2.75) is 13.0 Å². The van der Waals surface area contributed by atoms with E-state index in [1.165, 1.54) is 0 Å². The zero-order valence-electron chi connectivity index (χ0n) is 12.8. The molecule has 1 aliphatic rings. The first-order chi connectivity index (χ1) is 10.6. The first-order valence-corrected chi connectivity index (χ1v) is 7.82. The Hall–Kier alpha value is -1.79. The average Bonchev–Trinajstić information content (AvgIpc) is 3.14. The first kappa shape index (κ1) is 15.1. The fourth-order valence-electron chi connectivity index (χ4n) is 2.99. The molecule has 0 saturated carbocycles. The molecule has 1 atom stereocenters. The van der Waals surface area contributed by atoms with Gasteiger partial charge in [0.25, 0.3) is 5.91 Å². The number of hydrogen-bond donors (Lipinski definition) is 1. The summed E-state index contributed by atoms with van der Waals surface area (Å²) in [5, 5.41) is 0.552. The molecule has 1 aliphatic heterocycles. The van der Waals surface area contributed by atoms with Crippen molar-refractivity contribution in [1.82, 2.24) is 24.3 Å². The van der Waals surface area contributed by atoms with E-state index in [4.69, 9.17) is 11.6 Å². The van der Waals surface area contributed by atoms with Crippen LogP contribution in [0.1, 0.15) is 29.3 Å². The van der Waals surface area contributed by atoms with Crippen molar-refractivity contribution in [3.05, 3.63) is 41.2 Å². The Morgan fingerprint density at radius 1 is 1.50 bits per heavy atom. The lowest BCUT2D eigenvalue weighted by Gasteiger charge is -2.40. The summed E-state index contributed by atoms with van der Waals surface area (Å²) in [5.74, 6) is 0.978. The number of likely N-dealkylation sites (N-methyl/N-ethyl adjacent to an activating group) is 1. The molecule has 0 aliphatic carbocycles. The second-order valence-corrected chi connectivity index (χ2v) is 5.96. The molecule has 1 fully saturated rings. The van der Waals surface area contributed by atoms with E-state index in [0.717, 1.165) is 18.9 Å². The molecule has 1 saturated heterocycles. The van der Waals surface area contributed by atoms with Gasteiger partial charge in [0.15, 0.2) is 0 Å². The SMILES string of the molecule is CCN1CCN(C(=O)c2cc(Cl)c[nH]2)C[C@@H]1c1nccn1C. The molecule has 1 N–H and O–H groups in total. The molecule has 22 heavy (non-hydrogen) atoms. The predicted molar refractivity (Wildman–Crippen MR) is 84.9 cm³/mol. The molecule has 2 aromatic rings. The molecule has 1 amide bonds. The van der Waals surface area contributed by atoms with Crippen molar-refractivity contribution < 1.29 is 4.79 Å². The van der Waals surface area contributed by atoms with Crippen molar-refractivity contribution in [3.63, 3.8) is 0 Å². The fourth-order valence-corrected chi connectivity index (χ4v) is 3.15. The van der Waals surface area contributed by atoms with E-state index in [-0.39, 0.29) is 11.9 Å².